The van der Waals surface area contributed by atoms with Crippen LogP contribution in [0.3, 0.4) is 0 Å². The van der Waals surface area contributed by atoms with Crippen molar-refractivity contribution in [2.75, 3.05) is 0 Å². The Labute approximate surface area is 210 Å². The molecule has 0 atom stereocenters. The highest BCUT2D eigenvalue weighted by Crippen LogP contribution is 2.31. The first-order valence-corrected chi connectivity index (χ1v) is 13.1. The molecular weight excluding hydrogens is 428 g/mol. The van der Waals surface area contributed by atoms with Crippen LogP contribution in [0.25, 0.3) is 0 Å². The van der Waals surface area contributed by atoms with Crippen molar-refractivity contribution in [2.24, 2.45) is 0 Å². The van der Waals surface area contributed by atoms with Crippen molar-refractivity contribution in [2.45, 2.75) is 70.6 Å². The third-order valence-electron chi connectivity index (χ3n) is 7.08. The molecule has 0 unspecified atom stereocenters. The Balaban J connectivity index is 1.39. The molecule has 0 bridgehead atoms. The quantitative estimate of drug-likeness (QED) is 0.263. The SMILES string of the molecule is Cc1ccc(Cc2ccc(CCc3ccc(Sc4ccc(C)c(C)c4)cc3C)c(C)c2)cc1C. The third-order valence-corrected chi connectivity index (χ3v) is 8.06. The number of hydrogen-bond acceptors (Lipinski definition) is 1. The minimum atomic E-state index is 1.00. The Hall–Kier alpha value is -2.77. The summed E-state index contributed by atoms with van der Waals surface area (Å²) in [7, 11) is 0. The highest BCUT2D eigenvalue weighted by molar-refractivity contribution is 7.99. The van der Waals surface area contributed by atoms with E-state index >= 15 is 0 Å². The summed E-state index contributed by atoms with van der Waals surface area (Å²) < 4.78 is 0. The van der Waals surface area contributed by atoms with Crippen molar-refractivity contribution in [3.8, 4) is 0 Å². The molecular formula is C33H36S. The third kappa shape index (κ3) is 6.02. The van der Waals surface area contributed by atoms with Gasteiger partial charge >= 0.3 is 0 Å². The van der Waals surface area contributed by atoms with E-state index in [1.54, 1.807) is 0 Å². The van der Waals surface area contributed by atoms with Gasteiger partial charge in [-0.25, -0.2) is 0 Å². The average Bonchev–Trinajstić information content (AvgIpc) is 2.79. The fourth-order valence-corrected chi connectivity index (χ4v) is 5.51. The van der Waals surface area contributed by atoms with Gasteiger partial charge in [-0.3, -0.25) is 0 Å². The van der Waals surface area contributed by atoms with Gasteiger partial charge in [-0.05, 0) is 141 Å². The van der Waals surface area contributed by atoms with E-state index in [-0.39, 0.29) is 0 Å². The van der Waals surface area contributed by atoms with Crippen LogP contribution in [0, 0.1) is 41.5 Å². The van der Waals surface area contributed by atoms with Gasteiger partial charge in [-0.2, -0.15) is 0 Å². The summed E-state index contributed by atoms with van der Waals surface area (Å²) in [6.07, 6.45) is 3.17. The van der Waals surface area contributed by atoms with Gasteiger partial charge in [0.2, 0.25) is 0 Å². The van der Waals surface area contributed by atoms with E-state index in [1.807, 2.05) is 11.8 Å². The lowest BCUT2D eigenvalue weighted by Gasteiger charge is -2.12. The molecule has 0 aliphatic rings. The van der Waals surface area contributed by atoms with Crippen LogP contribution < -0.4 is 0 Å². The zero-order valence-corrected chi connectivity index (χ0v) is 22.3. The lowest BCUT2D eigenvalue weighted by atomic mass is 9.94. The fraction of sp³-hybridized carbons (Fsp3) is 0.273. The molecule has 0 spiro atoms. The van der Waals surface area contributed by atoms with Crippen LogP contribution in [0.2, 0.25) is 0 Å². The molecule has 0 heterocycles. The van der Waals surface area contributed by atoms with E-state index in [0.29, 0.717) is 0 Å². The van der Waals surface area contributed by atoms with Crippen molar-refractivity contribution < 1.29 is 0 Å². The first-order valence-electron chi connectivity index (χ1n) is 12.3. The Morgan fingerprint density at radius 3 is 1.44 bits per heavy atom. The minimum Gasteiger partial charge on any atom is -0.0901 e. The second-order valence-electron chi connectivity index (χ2n) is 9.79. The van der Waals surface area contributed by atoms with Crippen LogP contribution in [0.15, 0.2) is 82.6 Å². The molecule has 0 saturated carbocycles. The molecule has 0 N–H and O–H groups in total. The van der Waals surface area contributed by atoms with Crippen LogP contribution in [-0.4, -0.2) is 0 Å². The molecule has 0 radical (unpaired) electrons. The summed E-state index contributed by atoms with van der Waals surface area (Å²) in [6, 6.07) is 27.5. The maximum absolute atomic E-state index is 2.38. The molecule has 4 aromatic carbocycles. The maximum atomic E-state index is 2.38. The molecule has 0 fully saturated rings. The minimum absolute atomic E-state index is 1.00. The molecule has 0 aromatic heterocycles. The molecule has 0 saturated heterocycles. The highest BCUT2D eigenvalue weighted by atomic mass is 32.2. The molecule has 4 aromatic rings. The van der Waals surface area contributed by atoms with E-state index in [2.05, 4.69) is 114 Å². The van der Waals surface area contributed by atoms with Gasteiger partial charge in [0.25, 0.3) is 0 Å². The fourth-order valence-electron chi connectivity index (χ4n) is 4.49. The van der Waals surface area contributed by atoms with Crippen LogP contribution in [0.5, 0.6) is 0 Å². The molecule has 174 valence electrons. The summed E-state index contributed by atoms with van der Waals surface area (Å²) >= 11 is 1.85. The molecule has 4 rings (SSSR count). The Morgan fingerprint density at radius 2 is 0.882 bits per heavy atom. The van der Waals surface area contributed by atoms with E-state index < -0.39 is 0 Å². The van der Waals surface area contributed by atoms with E-state index in [0.717, 1.165) is 19.3 Å². The second-order valence-corrected chi connectivity index (χ2v) is 10.9. The largest absolute Gasteiger partial charge is 0.0901 e. The Morgan fingerprint density at radius 1 is 0.441 bits per heavy atom. The molecule has 34 heavy (non-hydrogen) atoms. The summed E-state index contributed by atoms with van der Waals surface area (Å²) in [5.74, 6) is 0. The molecule has 0 amide bonds. The van der Waals surface area contributed by atoms with Crippen LogP contribution >= 0.6 is 11.8 Å². The normalized spacial score (nSPS) is 11.1. The lowest BCUT2D eigenvalue weighted by Crippen LogP contribution is -1.98. The van der Waals surface area contributed by atoms with Gasteiger partial charge in [-0.15, -0.1) is 0 Å². The Bertz CT molecular complexity index is 1210. The van der Waals surface area contributed by atoms with Crippen LogP contribution in [-0.2, 0) is 19.3 Å². The average molecular weight is 465 g/mol. The predicted molar refractivity (Wildman–Crippen MR) is 149 cm³/mol. The van der Waals surface area contributed by atoms with Crippen molar-refractivity contribution in [3.63, 3.8) is 0 Å². The van der Waals surface area contributed by atoms with Crippen molar-refractivity contribution in [1.82, 2.24) is 0 Å². The predicted octanol–water partition coefficient (Wildman–Crippen LogP) is 9.06. The Kier molecular flexibility index (Phi) is 7.63. The second kappa shape index (κ2) is 10.7. The van der Waals surface area contributed by atoms with Crippen LogP contribution in [0.1, 0.15) is 55.6 Å². The van der Waals surface area contributed by atoms with Gasteiger partial charge in [0, 0.05) is 9.79 Å². The monoisotopic (exact) mass is 464 g/mol. The topological polar surface area (TPSA) is 0 Å². The van der Waals surface area contributed by atoms with E-state index in [1.165, 1.54) is 65.4 Å². The number of benzene rings is 4. The van der Waals surface area contributed by atoms with Crippen molar-refractivity contribution >= 4 is 11.8 Å². The van der Waals surface area contributed by atoms with E-state index in [4.69, 9.17) is 0 Å². The number of hydrogen-bond donors (Lipinski definition) is 0. The summed E-state index contributed by atoms with van der Waals surface area (Å²) in [5.41, 5.74) is 13.9. The van der Waals surface area contributed by atoms with Gasteiger partial charge in [0.05, 0.1) is 0 Å². The first kappa shape index (κ1) is 24.4. The standard InChI is InChI=1S/C33H36S/c1-22-7-9-28(17-24(22)3)21-29-10-11-30(26(5)18-29)12-13-31-14-16-33(20-27(31)6)34-32-15-8-23(2)25(4)19-32/h7-11,14-20H,12-13,21H2,1-6H3. The molecule has 0 aliphatic heterocycles. The highest BCUT2D eigenvalue weighted by Gasteiger charge is 2.07. The summed E-state index contributed by atoms with van der Waals surface area (Å²) in [5, 5.41) is 0. The van der Waals surface area contributed by atoms with Crippen molar-refractivity contribution in [1.29, 1.82) is 0 Å². The number of aryl methyl sites for hydroxylation is 8. The van der Waals surface area contributed by atoms with Gasteiger partial charge in [0.15, 0.2) is 0 Å². The van der Waals surface area contributed by atoms with Crippen LogP contribution in [0.4, 0.5) is 0 Å². The molecule has 1 heteroatoms. The number of rotatable bonds is 7. The maximum Gasteiger partial charge on any atom is 0.0125 e. The summed E-state index contributed by atoms with van der Waals surface area (Å²) in [6.45, 7) is 13.2. The zero-order valence-electron chi connectivity index (χ0n) is 21.5. The smallest absolute Gasteiger partial charge is 0.0125 e. The van der Waals surface area contributed by atoms with Gasteiger partial charge in [-0.1, -0.05) is 60.3 Å². The zero-order chi connectivity index (χ0) is 24.2. The van der Waals surface area contributed by atoms with E-state index in [9.17, 15) is 0 Å². The molecule has 0 aliphatic carbocycles. The van der Waals surface area contributed by atoms with Gasteiger partial charge < -0.3 is 0 Å². The molecule has 0 nitrogen and oxygen atoms in total. The first-order chi connectivity index (χ1) is 16.3. The lowest BCUT2D eigenvalue weighted by molar-refractivity contribution is 0.933. The van der Waals surface area contributed by atoms with Crippen molar-refractivity contribution in [3.05, 3.63) is 128 Å². The summed E-state index contributed by atoms with van der Waals surface area (Å²) in [4.78, 5) is 2.63. The van der Waals surface area contributed by atoms with Gasteiger partial charge in [0.1, 0.15) is 0 Å².